The zero-order valence-corrected chi connectivity index (χ0v) is 4.92. The minimum absolute atomic E-state index is 0.178. The Morgan fingerprint density at radius 1 is 2.00 bits per heavy atom. The number of nitrogens with one attached hydrogen (secondary N) is 1. The van der Waals surface area contributed by atoms with Gasteiger partial charge >= 0.3 is 0 Å². The number of nitrogens with two attached hydrogens (primary N) is 1. The van der Waals surface area contributed by atoms with Crippen LogP contribution in [0, 0.1) is 0 Å². The molecule has 4 heteroatoms. The van der Waals surface area contributed by atoms with Crippen molar-refractivity contribution in [2.75, 3.05) is 6.54 Å². The van der Waals surface area contributed by atoms with E-state index in [4.69, 9.17) is 5.14 Å². The van der Waals surface area contributed by atoms with Crippen LogP contribution < -0.4 is 10.5 Å². The van der Waals surface area contributed by atoms with Gasteiger partial charge in [-0.25, -0.2) is 0 Å². The summed E-state index contributed by atoms with van der Waals surface area (Å²) in [7, 11) is 0. The van der Waals surface area contributed by atoms with E-state index >= 15 is 0 Å². The lowest BCUT2D eigenvalue weighted by molar-refractivity contribution is 0.261. The number of hydrogen-bond acceptors (Lipinski definition) is 3. The lowest BCUT2D eigenvalue weighted by Gasteiger charge is -1.92. The van der Waals surface area contributed by atoms with Crippen LogP contribution in [0.1, 0.15) is 6.92 Å². The van der Waals surface area contributed by atoms with E-state index in [9.17, 15) is 4.79 Å². The van der Waals surface area contributed by atoms with E-state index in [-0.39, 0.29) is 5.24 Å². The van der Waals surface area contributed by atoms with Crippen molar-refractivity contribution < 1.29 is 4.79 Å². The molecule has 7 heavy (non-hydrogen) atoms. The van der Waals surface area contributed by atoms with Crippen LogP contribution in [0.5, 0.6) is 0 Å². The minimum Gasteiger partial charge on any atom is -0.346 e. The van der Waals surface area contributed by atoms with Crippen LogP contribution in [-0.2, 0) is 0 Å². The number of hydrogen-bond donors (Lipinski definition) is 2. The van der Waals surface area contributed by atoms with Crippen LogP contribution in [0.15, 0.2) is 0 Å². The minimum atomic E-state index is -0.178. The Bertz CT molecular complexity index is 66.0. The van der Waals surface area contributed by atoms with Gasteiger partial charge in [-0.15, -0.1) is 0 Å². The fourth-order valence-corrected chi connectivity index (χ4v) is 0.414. The van der Waals surface area contributed by atoms with Crippen LogP contribution >= 0.6 is 11.9 Å². The summed E-state index contributed by atoms with van der Waals surface area (Å²) in [5.74, 6) is 0. The van der Waals surface area contributed by atoms with Gasteiger partial charge in [0.25, 0.3) is 5.24 Å². The number of amides is 1. The first kappa shape index (κ1) is 6.78. The van der Waals surface area contributed by atoms with Gasteiger partial charge in [-0.2, -0.15) is 0 Å². The smallest absolute Gasteiger partial charge is 0.293 e. The molecule has 3 N–H and O–H groups in total. The molecule has 1 amide bonds. The molecule has 0 aliphatic carbocycles. The first-order valence-corrected chi connectivity index (χ1v) is 2.83. The highest BCUT2D eigenvalue weighted by atomic mass is 32.2. The molecule has 0 fully saturated rings. The Labute approximate surface area is 46.8 Å². The predicted octanol–water partition coefficient (Wildman–Crippen LogP) is 0.323. The highest BCUT2D eigenvalue weighted by Crippen LogP contribution is 1.84. The zero-order chi connectivity index (χ0) is 5.70. The van der Waals surface area contributed by atoms with E-state index in [0.29, 0.717) is 18.5 Å². The van der Waals surface area contributed by atoms with E-state index in [1.54, 1.807) is 0 Å². The van der Waals surface area contributed by atoms with Crippen molar-refractivity contribution in [3.8, 4) is 0 Å². The molecule has 0 aromatic carbocycles. The van der Waals surface area contributed by atoms with Crippen molar-refractivity contribution >= 4 is 17.2 Å². The maximum Gasteiger partial charge on any atom is 0.293 e. The summed E-state index contributed by atoms with van der Waals surface area (Å²) in [5.41, 5.74) is 0. The topological polar surface area (TPSA) is 55.1 Å². The molecule has 42 valence electrons. The molecule has 0 saturated heterocycles. The first-order valence-electron chi connectivity index (χ1n) is 1.95. The quantitative estimate of drug-likeness (QED) is 0.490. The number of carbonyl (C=O) groups excluding carboxylic acids is 1. The summed E-state index contributed by atoms with van der Waals surface area (Å²) in [6.45, 7) is 2.48. The summed E-state index contributed by atoms with van der Waals surface area (Å²) < 4.78 is 0. The van der Waals surface area contributed by atoms with Crippen LogP contribution in [0.3, 0.4) is 0 Å². The molecule has 0 heterocycles. The van der Waals surface area contributed by atoms with Gasteiger partial charge in [-0.3, -0.25) is 9.93 Å². The van der Waals surface area contributed by atoms with Gasteiger partial charge in [0.1, 0.15) is 0 Å². The third-order valence-corrected chi connectivity index (χ3v) is 0.787. The normalized spacial score (nSPS) is 8.29. The van der Waals surface area contributed by atoms with Crippen molar-refractivity contribution in [2.45, 2.75) is 6.92 Å². The molecular weight excluding hydrogens is 112 g/mol. The lowest BCUT2D eigenvalue weighted by Crippen LogP contribution is -2.18. The second kappa shape index (κ2) is 3.95. The molecule has 0 aliphatic rings. The molecule has 0 radical (unpaired) electrons. The van der Waals surface area contributed by atoms with Gasteiger partial charge in [0.05, 0.1) is 0 Å². The largest absolute Gasteiger partial charge is 0.346 e. The van der Waals surface area contributed by atoms with Crippen molar-refractivity contribution in [2.24, 2.45) is 5.14 Å². The Kier molecular flexibility index (Phi) is 3.83. The van der Waals surface area contributed by atoms with E-state index in [1.807, 2.05) is 6.92 Å². The maximum atomic E-state index is 10.1. The predicted molar refractivity (Wildman–Crippen MR) is 30.9 cm³/mol. The monoisotopic (exact) mass is 120 g/mol. The van der Waals surface area contributed by atoms with Crippen molar-refractivity contribution in [1.82, 2.24) is 5.32 Å². The lowest BCUT2D eigenvalue weighted by atomic mass is 10.8. The summed E-state index contributed by atoms with van der Waals surface area (Å²) in [5, 5.41) is 7.18. The van der Waals surface area contributed by atoms with Gasteiger partial charge in [0.15, 0.2) is 0 Å². The van der Waals surface area contributed by atoms with Gasteiger partial charge in [0.2, 0.25) is 0 Å². The third kappa shape index (κ3) is 3.61. The summed E-state index contributed by atoms with van der Waals surface area (Å²) >= 11 is 0.699. The molecule has 0 unspecified atom stereocenters. The molecule has 0 bridgehead atoms. The molecule has 0 atom stereocenters. The first-order chi connectivity index (χ1) is 3.31. The Balaban J connectivity index is 3.00. The average molecular weight is 120 g/mol. The highest BCUT2D eigenvalue weighted by Gasteiger charge is 1.90. The molecule has 0 aliphatic heterocycles. The molecule has 3 nitrogen and oxygen atoms in total. The Hall–Kier alpha value is -0.220. The fraction of sp³-hybridized carbons (Fsp3) is 0.667. The zero-order valence-electron chi connectivity index (χ0n) is 4.10. The maximum absolute atomic E-state index is 10.1. The molecule has 0 aromatic heterocycles. The Morgan fingerprint density at radius 3 is 2.71 bits per heavy atom. The number of carbonyl (C=O) groups is 1. The molecule has 0 spiro atoms. The molecule has 0 rings (SSSR count). The van der Waals surface area contributed by atoms with Crippen LogP contribution in [0.25, 0.3) is 0 Å². The van der Waals surface area contributed by atoms with Gasteiger partial charge in [-0.05, 0) is 6.92 Å². The standard InChI is InChI=1S/C3H8N2OS/c1-2-5-3(6)7-4/h2,4H2,1H3,(H,5,6). The number of rotatable bonds is 1. The van der Waals surface area contributed by atoms with E-state index < -0.39 is 0 Å². The summed E-state index contributed by atoms with van der Waals surface area (Å²) in [6.07, 6.45) is 0. The van der Waals surface area contributed by atoms with Gasteiger partial charge < -0.3 is 5.32 Å². The van der Waals surface area contributed by atoms with Crippen LogP contribution in [-0.4, -0.2) is 11.8 Å². The van der Waals surface area contributed by atoms with E-state index in [0.717, 1.165) is 0 Å². The molecule has 0 saturated carbocycles. The van der Waals surface area contributed by atoms with E-state index in [1.165, 1.54) is 0 Å². The van der Waals surface area contributed by atoms with E-state index in [2.05, 4.69) is 5.32 Å². The van der Waals surface area contributed by atoms with Crippen molar-refractivity contribution in [1.29, 1.82) is 0 Å². The second-order valence-electron chi connectivity index (χ2n) is 0.936. The summed E-state index contributed by atoms with van der Waals surface area (Å²) in [6, 6.07) is 0. The fourth-order valence-electron chi connectivity index (χ4n) is 0.186. The SMILES string of the molecule is CCNC(=O)SN. The van der Waals surface area contributed by atoms with Crippen LogP contribution in [0.2, 0.25) is 0 Å². The average Bonchev–Trinajstić information content (AvgIpc) is 1.68. The van der Waals surface area contributed by atoms with Crippen molar-refractivity contribution in [3.63, 3.8) is 0 Å². The Morgan fingerprint density at radius 2 is 2.57 bits per heavy atom. The van der Waals surface area contributed by atoms with Crippen molar-refractivity contribution in [3.05, 3.63) is 0 Å². The highest BCUT2D eigenvalue weighted by molar-refractivity contribution is 8.11. The third-order valence-electron chi connectivity index (χ3n) is 0.428. The summed E-state index contributed by atoms with van der Waals surface area (Å²) in [4.78, 5) is 10.1. The molecule has 0 aromatic rings. The molecular formula is C3H8N2OS. The second-order valence-corrected chi connectivity index (χ2v) is 1.54. The van der Waals surface area contributed by atoms with Gasteiger partial charge in [0, 0.05) is 18.5 Å². The van der Waals surface area contributed by atoms with Crippen LogP contribution in [0.4, 0.5) is 4.79 Å². The van der Waals surface area contributed by atoms with Gasteiger partial charge in [-0.1, -0.05) is 0 Å².